The molecule has 9 heteroatoms. The molecule has 0 radical (unpaired) electrons. The largest absolute Gasteiger partial charge is 0.393 e. The minimum Gasteiger partial charge on any atom is -0.393 e. The lowest BCUT2D eigenvalue weighted by Gasteiger charge is -2.44. The summed E-state index contributed by atoms with van der Waals surface area (Å²) in [6.45, 7) is -1.24. The summed E-state index contributed by atoms with van der Waals surface area (Å²) in [6, 6.07) is -2.19. The van der Waals surface area contributed by atoms with Gasteiger partial charge in [0.1, 0.15) is 18.3 Å². The van der Waals surface area contributed by atoms with Gasteiger partial charge in [-0.1, -0.05) is 0 Å². The second kappa shape index (κ2) is 4.20. The molecule has 0 aromatic carbocycles. The van der Waals surface area contributed by atoms with E-state index in [4.69, 9.17) is 5.11 Å². The van der Waals surface area contributed by atoms with E-state index >= 15 is 0 Å². The second-order valence-electron chi connectivity index (χ2n) is 3.80. The molecule has 0 aromatic rings. The first kappa shape index (κ1) is 13.2. The smallest absolute Gasteiger partial charge is 0.274 e. The van der Waals surface area contributed by atoms with Crippen LogP contribution in [0.4, 0.5) is 0 Å². The lowest BCUT2D eigenvalue weighted by Crippen LogP contribution is -2.74. The molecule has 0 bridgehead atoms. The first-order chi connectivity index (χ1) is 7.27. The van der Waals surface area contributed by atoms with Gasteiger partial charge in [-0.2, -0.15) is 0 Å². The molecule has 0 heterocycles. The van der Waals surface area contributed by atoms with Gasteiger partial charge in [-0.3, -0.25) is 10.1 Å². The van der Waals surface area contributed by atoms with Crippen LogP contribution >= 0.6 is 0 Å². The Morgan fingerprint density at radius 3 is 2.00 bits per heavy atom. The monoisotopic (exact) mass is 239 g/mol. The lowest BCUT2D eigenvalue weighted by molar-refractivity contribution is -0.572. The van der Waals surface area contributed by atoms with Gasteiger partial charge in [-0.05, 0) is 0 Å². The first-order valence-electron chi connectivity index (χ1n) is 4.46. The predicted octanol–water partition coefficient (Wildman–Crippen LogP) is -4.19. The molecule has 0 spiro atoms. The Kier molecular flexibility index (Phi) is 3.47. The fourth-order valence-corrected chi connectivity index (χ4v) is 1.84. The third-order valence-corrected chi connectivity index (χ3v) is 2.85. The zero-order valence-electron chi connectivity index (χ0n) is 8.04. The van der Waals surface area contributed by atoms with Crippen molar-refractivity contribution in [1.29, 1.82) is 0 Å². The molecule has 16 heavy (non-hydrogen) atoms. The quantitative estimate of drug-likeness (QED) is 0.208. The van der Waals surface area contributed by atoms with E-state index in [9.17, 15) is 35.6 Å². The SMILES string of the molecule is O=[N+]([O-])[C@@H]1[C@@H](O)[C@H](O)[C@@H](O)[C@H](O)[C@@]1(O)CO. The van der Waals surface area contributed by atoms with Gasteiger partial charge in [0.2, 0.25) is 0 Å². The first-order valence-corrected chi connectivity index (χ1v) is 4.46. The van der Waals surface area contributed by atoms with Crippen LogP contribution in [0.2, 0.25) is 0 Å². The summed E-state index contributed by atoms with van der Waals surface area (Å²) in [5, 5.41) is 66.2. The van der Waals surface area contributed by atoms with Crippen LogP contribution in [0.5, 0.6) is 0 Å². The number of nitrogens with zero attached hydrogens (tertiary/aromatic N) is 1. The van der Waals surface area contributed by atoms with Crippen LogP contribution in [0.1, 0.15) is 0 Å². The summed E-state index contributed by atoms with van der Waals surface area (Å²) in [4.78, 5) is 9.48. The molecule has 0 saturated heterocycles. The van der Waals surface area contributed by atoms with E-state index in [1.165, 1.54) is 0 Å². The fourth-order valence-electron chi connectivity index (χ4n) is 1.84. The molecule has 1 fully saturated rings. The van der Waals surface area contributed by atoms with Crippen LogP contribution in [-0.2, 0) is 0 Å². The Labute approximate surface area is 89.3 Å². The van der Waals surface area contributed by atoms with E-state index in [0.29, 0.717) is 0 Å². The van der Waals surface area contributed by atoms with Crippen molar-refractivity contribution in [3.8, 4) is 0 Å². The Bertz CT molecular complexity index is 286. The van der Waals surface area contributed by atoms with Crippen molar-refractivity contribution < 1.29 is 35.6 Å². The molecule has 9 nitrogen and oxygen atoms in total. The van der Waals surface area contributed by atoms with Crippen LogP contribution in [0.25, 0.3) is 0 Å². The minimum atomic E-state index is -2.71. The highest BCUT2D eigenvalue weighted by atomic mass is 16.6. The highest BCUT2D eigenvalue weighted by molar-refractivity contribution is 5.08. The summed E-state index contributed by atoms with van der Waals surface area (Å²) < 4.78 is 0. The van der Waals surface area contributed by atoms with Gasteiger partial charge >= 0.3 is 0 Å². The molecule has 1 aliphatic rings. The number of aliphatic hydroxyl groups excluding tert-OH is 5. The summed E-state index contributed by atoms with van der Waals surface area (Å²) in [7, 11) is 0. The van der Waals surface area contributed by atoms with Gasteiger partial charge in [-0.25, -0.2) is 0 Å². The number of aliphatic hydroxyl groups is 6. The summed E-state index contributed by atoms with van der Waals surface area (Å²) >= 11 is 0. The van der Waals surface area contributed by atoms with E-state index in [1.54, 1.807) is 0 Å². The zero-order chi connectivity index (χ0) is 12.7. The van der Waals surface area contributed by atoms with Gasteiger partial charge < -0.3 is 30.6 Å². The third-order valence-electron chi connectivity index (χ3n) is 2.85. The molecule has 0 aromatic heterocycles. The van der Waals surface area contributed by atoms with Crippen LogP contribution in [0.15, 0.2) is 0 Å². The summed E-state index contributed by atoms with van der Waals surface area (Å²) in [6.07, 6.45) is -8.18. The number of hydrogen-bond acceptors (Lipinski definition) is 8. The van der Waals surface area contributed by atoms with Crippen molar-refractivity contribution in [2.24, 2.45) is 0 Å². The van der Waals surface area contributed by atoms with Crippen LogP contribution < -0.4 is 0 Å². The van der Waals surface area contributed by atoms with Gasteiger partial charge in [0.15, 0.2) is 11.7 Å². The van der Waals surface area contributed by atoms with Gasteiger partial charge in [0.25, 0.3) is 6.04 Å². The second-order valence-corrected chi connectivity index (χ2v) is 3.80. The van der Waals surface area contributed by atoms with Gasteiger partial charge in [-0.15, -0.1) is 0 Å². The summed E-state index contributed by atoms with van der Waals surface area (Å²) in [5.74, 6) is 0. The molecule has 1 saturated carbocycles. The molecule has 6 N–H and O–H groups in total. The average molecular weight is 239 g/mol. The topological polar surface area (TPSA) is 165 Å². The zero-order valence-corrected chi connectivity index (χ0v) is 8.04. The maximum atomic E-state index is 10.6. The van der Waals surface area contributed by atoms with Crippen molar-refractivity contribution in [3.05, 3.63) is 10.1 Å². The van der Waals surface area contributed by atoms with Crippen molar-refractivity contribution in [2.75, 3.05) is 6.61 Å². The maximum absolute atomic E-state index is 10.6. The van der Waals surface area contributed by atoms with Crippen LogP contribution in [0, 0.1) is 10.1 Å². The predicted molar refractivity (Wildman–Crippen MR) is 46.8 cm³/mol. The lowest BCUT2D eigenvalue weighted by atomic mass is 9.74. The Morgan fingerprint density at radius 2 is 1.62 bits per heavy atom. The normalized spacial score (nSPS) is 49.0. The maximum Gasteiger partial charge on any atom is 0.274 e. The standard InChI is InChI=1S/C7H13NO8/c9-1-7(14)5(8(15)16)3(11)2(10)4(12)6(7)13/h2-6,9-14H,1H2/t2-,3-,4+,5+,6-,7+/m0/s1. The highest BCUT2D eigenvalue weighted by Gasteiger charge is 2.64. The van der Waals surface area contributed by atoms with E-state index in [1.807, 2.05) is 0 Å². The molecule has 0 aliphatic heterocycles. The van der Waals surface area contributed by atoms with Crippen LogP contribution in [0.3, 0.4) is 0 Å². The molecule has 6 atom stereocenters. The average Bonchev–Trinajstić information content (AvgIpc) is 2.23. The van der Waals surface area contributed by atoms with Gasteiger partial charge in [0.05, 0.1) is 6.61 Å². The van der Waals surface area contributed by atoms with E-state index in [-0.39, 0.29) is 0 Å². The number of hydrogen-bond donors (Lipinski definition) is 6. The van der Waals surface area contributed by atoms with Crippen molar-refractivity contribution in [1.82, 2.24) is 0 Å². The van der Waals surface area contributed by atoms with Crippen molar-refractivity contribution in [3.63, 3.8) is 0 Å². The van der Waals surface area contributed by atoms with Crippen LogP contribution in [-0.4, -0.2) is 78.2 Å². The number of rotatable bonds is 2. The molecule has 1 rings (SSSR count). The minimum absolute atomic E-state index is 1.13. The molecular formula is C7H13NO8. The Morgan fingerprint density at radius 1 is 1.12 bits per heavy atom. The number of nitro groups is 1. The molecule has 0 unspecified atom stereocenters. The van der Waals surface area contributed by atoms with E-state index < -0.39 is 47.6 Å². The van der Waals surface area contributed by atoms with E-state index in [0.717, 1.165) is 0 Å². The highest BCUT2D eigenvalue weighted by Crippen LogP contribution is 2.31. The molecular weight excluding hydrogens is 226 g/mol. The Balaban J connectivity index is 3.16. The summed E-state index contributed by atoms with van der Waals surface area (Å²) in [5.41, 5.74) is -2.71. The van der Waals surface area contributed by atoms with Crippen molar-refractivity contribution in [2.45, 2.75) is 36.1 Å². The molecule has 1 aliphatic carbocycles. The van der Waals surface area contributed by atoms with Gasteiger partial charge in [0, 0.05) is 4.92 Å². The third kappa shape index (κ3) is 1.67. The Hall–Kier alpha value is -0.840. The molecule has 94 valence electrons. The fraction of sp³-hybridized carbons (Fsp3) is 1.00. The van der Waals surface area contributed by atoms with E-state index in [2.05, 4.69) is 0 Å². The molecule has 0 amide bonds. The van der Waals surface area contributed by atoms with Crippen molar-refractivity contribution >= 4 is 0 Å².